The number of aromatic nitrogens is 2. The molecule has 0 saturated heterocycles. The van der Waals surface area contributed by atoms with E-state index in [1.807, 2.05) is 0 Å². The van der Waals surface area contributed by atoms with E-state index in [0.717, 1.165) is 0 Å². The highest BCUT2D eigenvalue weighted by Gasteiger charge is 2.22. The summed E-state index contributed by atoms with van der Waals surface area (Å²) in [5.41, 5.74) is 5.95. The van der Waals surface area contributed by atoms with Gasteiger partial charge in [-0.1, -0.05) is 6.07 Å². The number of nitrogen functional groups attached to an aromatic ring is 1. The molecular weight excluding hydrogens is 268 g/mol. The molecule has 102 valence electrons. The van der Waals surface area contributed by atoms with Crippen LogP contribution >= 0.6 is 0 Å². The molecule has 1 heterocycles. The predicted molar refractivity (Wildman–Crippen MR) is 71.4 cm³/mol. The molecule has 0 radical (unpaired) electrons. The quantitative estimate of drug-likeness (QED) is 0.864. The van der Waals surface area contributed by atoms with Crippen molar-refractivity contribution in [1.82, 2.24) is 9.55 Å². The molecule has 0 aliphatic rings. The van der Waals surface area contributed by atoms with Crippen molar-refractivity contribution < 1.29 is 13.2 Å². The van der Waals surface area contributed by atoms with Gasteiger partial charge >= 0.3 is 0 Å². The van der Waals surface area contributed by atoms with Gasteiger partial charge in [0, 0.05) is 13.1 Å². The van der Waals surface area contributed by atoms with Crippen LogP contribution < -0.4 is 15.2 Å². The molecule has 2 aromatic rings. The monoisotopic (exact) mass is 282 g/mol. The van der Waals surface area contributed by atoms with Crippen LogP contribution in [-0.4, -0.2) is 25.1 Å². The molecule has 0 spiro atoms. The molecule has 0 fully saturated rings. The topological polar surface area (TPSA) is 99.2 Å². The Kier molecular flexibility index (Phi) is 3.34. The van der Waals surface area contributed by atoms with Crippen LogP contribution in [0.25, 0.3) is 0 Å². The zero-order chi connectivity index (χ0) is 14.0. The smallest absolute Gasteiger partial charge is 0.281 e. The number of benzene rings is 1. The number of ether oxygens (including phenoxy) is 1. The van der Waals surface area contributed by atoms with Gasteiger partial charge in [0.25, 0.3) is 10.0 Å². The lowest BCUT2D eigenvalue weighted by Crippen LogP contribution is -2.17. The van der Waals surface area contributed by atoms with E-state index in [0.29, 0.717) is 11.4 Å². The molecular formula is C11H14N4O3S. The maximum absolute atomic E-state index is 12.2. The molecule has 7 nitrogen and oxygen atoms in total. The zero-order valence-corrected chi connectivity index (χ0v) is 11.3. The lowest BCUT2D eigenvalue weighted by Gasteiger charge is -2.10. The van der Waals surface area contributed by atoms with Crippen molar-refractivity contribution in [3.8, 4) is 5.75 Å². The second kappa shape index (κ2) is 4.81. The number of imidazole rings is 1. The number of nitrogens with zero attached hydrogens (tertiary/aromatic N) is 2. The summed E-state index contributed by atoms with van der Waals surface area (Å²) in [6.45, 7) is 0. The van der Waals surface area contributed by atoms with Crippen LogP contribution in [0.5, 0.6) is 5.75 Å². The van der Waals surface area contributed by atoms with Gasteiger partial charge in [-0.3, -0.25) is 4.72 Å². The van der Waals surface area contributed by atoms with Crippen molar-refractivity contribution in [2.75, 3.05) is 17.6 Å². The minimum absolute atomic E-state index is 0.0436. The van der Waals surface area contributed by atoms with Crippen molar-refractivity contribution in [1.29, 1.82) is 0 Å². The number of nitrogens with one attached hydrogen (secondary N) is 1. The summed E-state index contributed by atoms with van der Waals surface area (Å²) in [6, 6.07) is 6.59. The highest BCUT2D eigenvalue weighted by molar-refractivity contribution is 7.92. The molecule has 0 aliphatic heterocycles. The molecule has 19 heavy (non-hydrogen) atoms. The third-order valence-corrected chi connectivity index (χ3v) is 4.00. The van der Waals surface area contributed by atoms with Crippen LogP contribution in [0.2, 0.25) is 0 Å². The number of anilines is 2. The van der Waals surface area contributed by atoms with Crippen LogP contribution in [0.15, 0.2) is 35.6 Å². The molecule has 8 heteroatoms. The number of methoxy groups -OCH3 is 1. The fourth-order valence-corrected chi connectivity index (χ4v) is 2.94. The van der Waals surface area contributed by atoms with Gasteiger partial charge in [0.15, 0.2) is 10.8 Å². The minimum atomic E-state index is -3.79. The summed E-state index contributed by atoms with van der Waals surface area (Å²) >= 11 is 0. The zero-order valence-electron chi connectivity index (χ0n) is 10.5. The first kappa shape index (κ1) is 13.2. The third kappa shape index (κ3) is 2.63. The maximum atomic E-state index is 12.2. The Labute approximate surface area is 111 Å². The second-order valence-corrected chi connectivity index (χ2v) is 5.48. The van der Waals surface area contributed by atoms with Crippen LogP contribution in [0, 0.1) is 0 Å². The normalized spacial score (nSPS) is 11.3. The van der Waals surface area contributed by atoms with Gasteiger partial charge in [-0.2, -0.15) is 8.42 Å². The maximum Gasteiger partial charge on any atom is 0.281 e. The fraction of sp³-hybridized carbons (Fsp3) is 0.182. The lowest BCUT2D eigenvalue weighted by atomic mass is 10.3. The summed E-state index contributed by atoms with van der Waals surface area (Å²) in [5, 5.41) is -0.0738. The number of hydrogen-bond donors (Lipinski definition) is 2. The average Bonchev–Trinajstić information content (AvgIpc) is 2.69. The molecule has 0 aliphatic carbocycles. The molecule has 0 bridgehead atoms. The van der Waals surface area contributed by atoms with Gasteiger partial charge in [0.2, 0.25) is 0 Å². The Morgan fingerprint density at radius 1 is 1.42 bits per heavy atom. The Hall–Kier alpha value is -2.22. The van der Waals surface area contributed by atoms with E-state index in [2.05, 4.69) is 9.71 Å². The van der Waals surface area contributed by atoms with Gasteiger partial charge in [-0.25, -0.2) is 4.98 Å². The van der Waals surface area contributed by atoms with Crippen LogP contribution in [0.3, 0.4) is 0 Å². The standard InChI is InChI=1S/C11H14N4O3S/c1-15-7-13-10(12)11(15)19(16,17)14-8-4-3-5-9(6-8)18-2/h3-7,14H,12H2,1-2H3. The van der Waals surface area contributed by atoms with Gasteiger partial charge in [-0.05, 0) is 12.1 Å². The van der Waals surface area contributed by atoms with Crippen molar-refractivity contribution in [3.05, 3.63) is 30.6 Å². The average molecular weight is 282 g/mol. The Morgan fingerprint density at radius 2 is 2.16 bits per heavy atom. The molecule has 1 aromatic carbocycles. The molecule has 2 rings (SSSR count). The summed E-state index contributed by atoms with van der Waals surface area (Å²) in [5.74, 6) is 0.510. The van der Waals surface area contributed by atoms with E-state index < -0.39 is 10.0 Å². The van der Waals surface area contributed by atoms with E-state index >= 15 is 0 Å². The molecule has 0 atom stereocenters. The van der Waals surface area contributed by atoms with E-state index in [1.54, 1.807) is 31.3 Å². The highest BCUT2D eigenvalue weighted by atomic mass is 32.2. The number of rotatable bonds is 4. The second-order valence-electron chi connectivity index (χ2n) is 3.88. The van der Waals surface area contributed by atoms with Gasteiger partial charge in [0.05, 0.1) is 19.1 Å². The fourth-order valence-electron chi connectivity index (χ4n) is 1.65. The molecule has 0 amide bonds. The minimum Gasteiger partial charge on any atom is -0.497 e. The summed E-state index contributed by atoms with van der Waals surface area (Å²) in [7, 11) is -0.721. The Morgan fingerprint density at radius 3 is 2.74 bits per heavy atom. The van der Waals surface area contributed by atoms with Crippen molar-refractivity contribution in [2.45, 2.75) is 5.03 Å². The van der Waals surface area contributed by atoms with Crippen LogP contribution in [-0.2, 0) is 17.1 Å². The number of hydrogen-bond acceptors (Lipinski definition) is 5. The van der Waals surface area contributed by atoms with Gasteiger partial charge < -0.3 is 15.0 Å². The molecule has 3 N–H and O–H groups in total. The van der Waals surface area contributed by atoms with Crippen molar-refractivity contribution in [2.24, 2.45) is 7.05 Å². The van der Waals surface area contributed by atoms with E-state index in [1.165, 1.54) is 18.0 Å². The summed E-state index contributed by atoms with van der Waals surface area (Å²) in [4.78, 5) is 3.75. The third-order valence-electron chi connectivity index (χ3n) is 2.49. The molecule has 0 unspecified atom stereocenters. The van der Waals surface area contributed by atoms with E-state index in [-0.39, 0.29) is 10.8 Å². The van der Waals surface area contributed by atoms with Gasteiger partial charge in [0.1, 0.15) is 5.75 Å². The number of aryl methyl sites for hydroxylation is 1. The first-order valence-corrected chi connectivity index (χ1v) is 6.86. The van der Waals surface area contributed by atoms with Gasteiger partial charge in [-0.15, -0.1) is 0 Å². The number of sulfonamides is 1. The van der Waals surface area contributed by atoms with Crippen molar-refractivity contribution in [3.63, 3.8) is 0 Å². The van der Waals surface area contributed by atoms with Crippen LogP contribution in [0.4, 0.5) is 11.5 Å². The lowest BCUT2D eigenvalue weighted by molar-refractivity contribution is 0.415. The highest BCUT2D eigenvalue weighted by Crippen LogP contribution is 2.22. The molecule has 1 aromatic heterocycles. The largest absolute Gasteiger partial charge is 0.497 e. The number of nitrogens with two attached hydrogens (primary N) is 1. The Bertz CT molecular complexity index is 674. The van der Waals surface area contributed by atoms with E-state index in [9.17, 15) is 8.42 Å². The first-order chi connectivity index (χ1) is 8.94. The molecule has 0 saturated carbocycles. The SMILES string of the molecule is COc1cccc(NS(=O)(=O)c2c(N)ncn2C)c1. The summed E-state index contributed by atoms with van der Waals surface area (Å²) in [6.07, 6.45) is 1.34. The summed E-state index contributed by atoms with van der Waals surface area (Å²) < 4.78 is 33.2. The first-order valence-electron chi connectivity index (χ1n) is 5.37. The van der Waals surface area contributed by atoms with Crippen molar-refractivity contribution >= 4 is 21.5 Å². The predicted octanol–water partition coefficient (Wildman–Crippen LogP) is 0.812. The van der Waals surface area contributed by atoms with Crippen LogP contribution in [0.1, 0.15) is 0 Å². The Balaban J connectivity index is 2.36. The van der Waals surface area contributed by atoms with E-state index in [4.69, 9.17) is 10.5 Å².